The molecule has 1 N–H and O–H groups in total. The zero-order chi connectivity index (χ0) is 10.7. The van der Waals surface area contributed by atoms with Gasteiger partial charge in [-0.15, -0.1) is 16.4 Å². The van der Waals surface area contributed by atoms with Crippen LogP contribution in [0.25, 0.3) is 0 Å². The molecule has 80 valence electrons. The van der Waals surface area contributed by atoms with Crippen molar-refractivity contribution in [2.45, 2.75) is 26.4 Å². The van der Waals surface area contributed by atoms with E-state index in [0.717, 1.165) is 17.2 Å². The molecule has 0 spiro atoms. The molecule has 0 aliphatic heterocycles. The summed E-state index contributed by atoms with van der Waals surface area (Å²) in [6.45, 7) is 4.92. The molecule has 2 aromatic heterocycles. The van der Waals surface area contributed by atoms with Crippen LogP contribution in [0, 0.1) is 6.92 Å². The molecule has 0 aliphatic rings. The minimum absolute atomic E-state index is 0.269. The third kappa shape index (κ3) is 2.80. The molecule has 1 unspecified atom stereocenters. The Bertz CT molecular complexity index is 409. The van der Waals surface area contributed by atoms with Crippen molar-refractivity contribution in [3.05, 3.63) is 27.2 Å². The van der Waals surface area contributed by atoms with Gasteiger partial charge in [-0.25, -0.2) is 4.98 Å². The second-order valence-corrected chi connectivity index (χ2v) is 5.18. The van der Waals surface area contributed by atoms with Gasteiger partial charge in [-0.2, -0.15) is 0 Å². The van der Waals surface area contributed by atoms with E-state index in [1.54, 1.807) is 11.3 Å². The lowest BCUT2D eigenvalue weighted by atomic mass is 10.3. The first-order chi connectivity index (χ1) is 7.25. The molecule has 1 atom stereocenters. The van der Waals surface area contributed by atoms with Crippen molar-refractivity contribution in [1.82, 2.24) is 19.9 Å². The molecule has 2 rings (SSSR count). The molecular formula is C9H12N4S2. The first kappa shape index (κ1) is 10.7. The van der Waals surface area contributed by atoms with Crippen LogP contribution in [0.2, 0.25) is 0 Å². The van der Waals surface area contributed by atoms with Gasteiger partial charge < -0.3 is 5.32 Å². The molecular weight excluding hydrogens is 228 g/mol. The van der Waals surface area contributed by atoms with Crippen LogP contribution in [-0.2, 0) is 6.54 Å². The van der Waals surface area contributed by atoms with E-state index in [1.165, 1.54) is 16.4 Å². The van der Waals surface area contributed by atoms with E-state index in [4.69, 9.17) is 0 Å². The summed E-state index contributed by atoms with van der Waals surface area (Å²) in [7, 11) is 0. The molecule has 0 bridgehead atoms. The van der Waals surface area contributed by atoms with Crippen LogP contribution < -0.4 is 5.32 Å². The van der Waals surface area contributed by atoms with Crippen molar-refractivity contribution in [2.75, 3.05) is 0 Å². The minimum Gasteiger partial charge on any atom is -0.302 e. The summed E-state index contributed by atoms with van der Waals surface area (Å²) in [5.41, 5.74) is 0.986. The molecule has 6 heteroatoms. The first-order valence-corrected chi connectivity index (χ1v) is 6.32. The average Bonchev–Trinajstić information content (AvgIpc) is 2.84. The zero-order valence-electron chi connectivity index (χ0n) is 8.60. The fourth-order valence-corrected chi connectivity index (χ4v) is 2.43. The smallest absolute Gasteiger partial charge is 0.109 e. The molecule has 0 aliphatic carbocycles. The van der Waals surface area contributed by atoms with Gasteiger partial charge in [0.2, 0.25) is 0 Å². The minimum atomic E-state index is 0.269. The zero-order valence-corrected chi connectivity index (χ0v) is 10.2. The van der Waals surface area contributed by atoms with Gasteiger partial charge in [0, 0.05) is 23.0 Å². The lowest BCUT2D eigenvalue weighted by Crippen LogP contribution is -2.18. The molecule has 0 aromatic carbocycles. The fraction of sp³-hybridized carbons (Fsp3) is 0.444. The van der Waals surface area contributed by atoms with Crippen molar-refractivity contribution in [2.24, 2.45) is 0 Å². The number of hydrogen-bond acceptors (Lipinski definition) is 6. The highest BCUT2D eigenvalue weighted by molar-refractivity contribution is 7.11. The van der Waals surface area contributed by atoms with Gasteiger partial charge in [0.05, 0.1) is 11.7 Å². The van der Waals surface area contributed by atoms with Crippen molar-refractivity contribution in [3.63, 3.8) is 0 Å². The van der Waals surface area contributed by atoms with Gasteiger partial charge in [-0.1, -0.05) is 4.49 Å². The summed E-state index contributed by atoms with van der Waals surface area (Å²) in [5.74, 6) is 0. The summed E-state index contributed by atoms with van der Waals surface area (Å²) in [5, 5.41) is 10.4. The second kappa shape index (κ2) is 4.78. The quantitative estimate of drug-likeness (QED) is 0.889. The molecule has 2 heterocycles. The summed E-state index contributed by atoms with van der Waals surface area (Å²) in [6.07, 6.45) is 1.91. The fourth-order valence-electron chi connectivity index (χ4n) is 1.18. The summed E-state index contributed by atoms with van der Waals surface area (Å²) < 4.78 is 3.82. The van der Waals surface area contributed by atoms with Crippen molar-refractivity contribution >= 4 is 22.9 Å². The number of nitrogens with zero attached hydrogens (tertiary/aromatic N) is 3. The molecule has 15 heavy (non-hydrogen) atoms. The Morgan fingerprint density at radius 3 is 3.00 bits per heavy atom. The Balaban J connectivity index is 1.90. The van der Waals surface area contributed by atoms with Gasteiger partial charge >= 0.3 is 0 Å². The lowest BCUT2D eigenvalue weighted by molar-refractivity contribution is 0.564. The Labute approximate surface area is 96.5 Å². The number of aromatic nitrogens is 3. The van der Waals surface area contributed by atoms with Gasteiger partial charge in [-0.3, -0.25) is 0 Å². The lowest BCUT2D eigenvalue weighted by Gasteiger charge is -2.08. The van der Waals surface area contributed by atoms with Crippen LogP contribution in [0.4, 0.5) is 0 Å². The molecule has 4 nitrogen and oxygen atoms in total. The van der Waals surface area contributed by atoms with E-state index in [9.17, 15) is 0 Å². The normalized spacial score (nSPS) is 12.9. The first-order valence-electron chi connectivity index (χ1n) is 4.67. The largest absolute Gasteiger partial charge is 0.302 e. The third-order valence-corrected chi connectivity index (χ3v) is 3.65. The Hall–Kier alpha value is -0.850. The van der Waals surface area contributed by atoms with Crippen molar-refractivity contribution < 1.29 is 0 Å². The van der Waals surface area contributed by atoms with Crippen molar-refractivity contribution in [3.8, 4) is 0 Å². The molecule has 0 radical (unpaired) electrons. The van der Waals surface area contributed by atoms with E-state index in [-0.39, 0.29) is 6.04 Å². The summed E-state index contributed by atoms with van der Waals surface area (Å²) >= 11 is 3.10. The predicted molar refractivity (Wildman–Crippen MR) is 62.0 cm³/mol. The van der Waals surface area contributed by atoms with Crippen LogP contribution in [-0.4, -0.2) is 14.6 Å². The van der Waals surface area contributed by atoms with E-state index in [0.29, 0.717) is 0 Å². The summed E-state index contributed by atoms with van der Waals surface area (Å²) in [6, 6.07) is 0.269. The Kier molecular flexibility index (Phi) is 3.40. The monoisotopic (exact) mass is 240 g/mol. The number of hydrogen-bond donors (Lipinski definition) is 1. The van der Waals surface area contributed by atoms with Gasteiger partial charge in [0.15, 0.2) is 0 Å². The maximum absolute atomic E-state index is 4.34. The number of thiazole rings is 1. The van der Waals surface area contributed by atoms with E-state index >= 15 is 0 Å². The Morgan fingerprint density at radius 2 is 2.40 bits per heavy atom. The highest BCUT2D eigenvalue weighted by atomic mass is 32.1. The van der Waals surface area contributed by atoms with Crippen LogP contribution in [0.3, 0.4) is 0 Å². The maximum Gasteiger partial charge on any atom is 0.109 e. The average molecular weight is 240 g/mol. The van der Waals surface area contributed by atoms with Gasteiger partial charge in [0.1, 0.15) is 5.01 Å². The van der Waals surface area contributed by atoms with E-state index in [2.05, 4.69) is 33.7 Å². The van der Waals surface area contributed by atoms with Gasteiger partial charge in [-0.05, 0) is 25.4 Å². The number of rotatable bonds is 4. The molecule has 0 fully saturated rings. The SMILES string of the molecule is Cc1cnc(C(C)NCc2csnn2)s1. The standard InChI is InChI=1S/C9H12N4S2/c1-6-3-11-9(15-6)7(2)10-4-8-5-14-13-12-8/h3,5,7,10H,4H2,1-2H3. The molecule has 0 saturated carbocycles. The van der Waals surface area contributed by atoms with Crippen LogP contribution in [0.5, 0.6) is 0 Å². The predicted octanol–water partition coefficient (Wildman–Crippen LogP) is 2.15. The highest BCUT2D eigenvalue weighted by Gasteiger charge is 2.09. The Morgan fingerprint density at radius 1 is 1.53 bits per heavy atom. The van der Waals surface area contributed by atoms with Crippen molar-refractivity contribution in [1.29, 1.82) is 0 Å². The topological polar surface area (TPSA) is 50.7 Å². The molecule has 2 aromatic rings. The van der Waals surface area contributed by atoms with E-state index in [1.807, 2.05) is 11.6 Å². The van der Waals surface area contributed by atoms with Crippen LogP contribution in [0.1, 0.15) is 28.5 Å². The molecule has 0 amide bonds. The number of nitrogens with one attached hydrogen (secondary N) is 1. The van der Waals surface area contributed by atoms with Crippen LogP contribution in [0.15, 0.2) is 11.6 Å². The summed E-state index contributed by atoms with van der Waals surface area (Å²) in [4.78, 5) is 5.58. The third-order valence-electron chi connectivity index (χ3n) is 2.00. The van der Waals surface area contributed by atoms with Gasteiger partial charge in [0.25, 0.3) is 0 Å². The highest BCUT2D eigenvalue weighted by Crippen LogP contribution is 2.19. The molecule has 0 saturated heterocycles. The maximum atomic E-state index is 4.34. The van der Waals surface area contributed by atoms with E-state index < -0.39 is 0 Å². The van der Waals surface area contributed by atoms with Crippen LogP contribution >= 0.6 is 22.9 Å². The second-order valence-electron chi connectivity index (χ2n) is 3.31. The number of aryl methyl sites for hydroxylation is 1.